The molecule has 2 aromatic rings. The van der Waals surface area contributed by atoms with E-state index >= 15 is 0 Å². The number of carbonyl (C=O) groups excluding carboxylic acids is 1. The van der Waals surface area contributed by atoms with Crippen LogP contribution in [0.1, 0.15) is 39.2 Å². The van der Waals surface area contributed by atoms with Crippen molar-refractivity contribution < 1.29 is 9.53 Å². The van der Waals surface area contributed by atoms with E-state index in [-0.39, 0.29) is 12.1 Å². The van der Waals surface area contributed by atoms with Gasteiger partial charge in [-0.1, -0.05) is 35.4 Å². The lowest BCUT2D eigenvalue weighted by Gasteiger charge is -2.28. The van der Waals surface area contributed by atoms with Crippen molar-refractivity contribution in [2.45, 2.75) is 58.3 Å². The van der Waals surface area contributed by atoms with Crippen molar-refractivity contribution >= 4 is 12.0 Å². The van der Waals surface area contributed by atoms with Crippen molar-refractivity contribution in [1.82, 2.24) is 25.1 Å². The van der Waals surface area contributed by atoms with Crippen LogP contribution < -0.4 is 5.32 Å². The maximum atomic E-state index is 12.4. The van der Waals surface area contributed by atoms with E-state index in [1.54, 1.807) is 9.58 Å². The molecule has 1 aliphatic heterocycles. The number of hydrogen-bond acceptors (Lipinski definition) is 6. The summed E-state index contributed by atoms with van der Waals surface area (Å²) in [5.41, 5.74) is 0.653. The van der Waals surface area contributed by atoms with Gasteiger partial charge in [-0.3, -0.25) is 0 Å². The van der Waals surface area contributed by atoms with Crippen LogP contribution in [-0.2, 0) is 17.8 Å². The van der Waals surface area contributed by atoms with E-state index in [0.29, 0.717) is 25.6 Å². The van der Waals surface area contributed by atoms with Crippen LogP contribution in [0.5, 0.6) is 0 Å². The molecule has 1 saturated heterocycles. The second-order valence-electron chi connectivity index (χ2n) is 7.49. The number of amides is 1. The highest BCUT2D eigenvalue weighted by Gasteiger charge is 2.33. The average molecular weight is 358 g/mol. The molecule has 0 radical (unpaired) electrons. The molecule has 1 amide bonds. The molecule has 3 rings (SSSR count). The molecule has 1 aliphatic rings. The van der Waals surface area contributed by atoms with Gasteiger partial charge in [-0.25, -0.2) is 9.48 Å². The molecule has 140 valence electrons. The number of hydrogen-bond donors (Lipinski definition) is 1. The maximum Gasteiger partial charge on any atom is 0.410 e. The van der Waals surface area contributed by atoms with Crippen LogP contribution in [-0.4, -0.2) is 49.4 Å². The van der Waals surface area contributed by atoms with Gasteiger partial charge in [0.25, 0.3) is 0 Å². The van der Waals surface area contributed by atoms with Crippen molar-refractivity contribution in [3.8, 4) is 0 Å². The lowest BCUT2D eigenvalue weighted by atomic mass is 10.2. The van der Waals surface area contributed by atoms with Crippen LogP contribution in [0.3, 0.4) is 0 Å². The molecule has 1 N–H and O–H groups in total. The third-order valence-corrected chi connectivity index (χ3v) is 4.21. The number of nitrogens with zero attached hydrogens (tertiary/aromatic N) is 5. The molecule has 1 aromatic heterocycles. The summed E-state index contributed by atoms with van der Waals surface area (Å²) in [6.07, 6.45) is 1.60. The molecule has 1 unspecified atom stereocenters. The topological polar surface area (TPSA) is 85.2 Å². The quantitative estimate of drug-likeness (QED) is 0.884. The molecule has 0 saturated carbocycles. The monoisotopic (exact) mass is 358 g/mol. The van der Waals surface area contributed by atoms with Crippen molar-refractivity contribution in [2.75, 3.05) is 11.9 Å². The molecule has 0 aliphatic carbocycles. The highest BCUT2D eigenvalue weighted by molar-refractivity contribution is 5.68. The number of ether oxygens (including phenoxy) is 1. The Labute approximate surface area is 153 Å². The van der Waals surface area contributed by atoms with E-state index < -0.39 is 5.60 Å². The normalized spacial score (nSPS) is 17.3. The number of nitrogens with one attached hydrogen (secondary N) is 1. The fraction of sp³-hybridized carbons (Fsp3) is 0.556. The summed E-state index contributed by atoms with van der Waals surface area (Å²) in [5.74, 6) is 0.602. The number of aromatic nitrogens is 4. The van der Waals surface area contributed by atoms with Gasteiger partial charge in [0.05, 0.1) is 12.6 Å². The lowest BCUT2D eigenvalue weighted by molar-refractivity contribution is 0.0211. The summed E-state index contributed by atoms with van der Waals surface area (Å²) in [4.78, 5) is 14.2. The van der Waals surface area contributed by atoms with Gasteiger partial charge < -0.3 is 15.0 Å². The zero-order chi connectivity index (χ0) is 18.6. The van der Waals surface area contributed by atoms with E-state index in [0.717, 1.165) is 18.4 Å². The van der Waals surface area contributed by atoms with Crippen molar-refractivity contribution in [3.05, 3.63) is 35.9 Å². The van der Waals surface area contributed by atoms with Crippen molar-refractivity contribution in [3.63, 3.8) is 0 Å². The number of rotatable bonds is 5. The number of tetrazole rings is 1. The highest BCUT2D eigenvalue weighted by Crippen LogP contribution is 2.22. The molecule has 1 fully saturated rings. The number of likely N-dealkylation sites (tertiary alicyclic amines) is 1. The van der Waals surface area contributed by atoms with Gasteiger partial charge in [0.2, 0.25) is 5.95 Å². The van der Waals surface area contributed by atoms with E-state index in [2.05, 4.69) is 20.8 Å². The predicted molar refractivity (Wildman–Crippen MR) is 97.5 cm³/mol. The first-order valence-corrected chi connectivity index (χ1v) is 8.96. The third kappa shape index (κ3) is 4.71. The molecule has 2 heterocycles. The van der Waals surface area contributed by atoms with Crippen LogP contribution in [0.25, 0.3) is 0 Å². The number of anilines is 1. The summed E-state index contributed by atoms with van der Waals surface area (Å²) in [6, 6.07) is 10.1. The minimum atomic E-state index is -0.499. The first kappa shape index (κ1) is 18.2. The second kappa shape index (κ2) is 7.72. The minimum Gasteiger partial charge on any atom is -0.444 e. The Morgan fingerprint density at radius 3 is 2.81 bits per heavy atom. The summed E-state index contributed by atoms with van der Waals surface area (Å²) in [6.45, 7) is 7.52. The van der Waals surface area contributed by atoms with Gasteiger partial charge in [0.1, 0.15) is 5.60 Å². The SMILES string of the molecule is CC(C)(C)OC(=O)N1CCCC1Cn1nnnc1NCc1ccccc1. The van der Waals surface area contributed by atoms with Gasteiger partial charge in [0, 0.05) is 13.1 Å². The van der Waals surface area contributed by atoms with E-state index in [1.165, 1.54) is 0 Å². The summed E-state index contributed by atoms with van der Waals surface area (Å²) in [5, 5.41) is 15.2. The Kier molecular flexibility index (Phi) is 5.39. The van der Waals surface area contributed by atoms with E-state index in [1.807, 2.05) is 51.1 Å². The summed E-state index contributed by atoms with van der Waals surface area (Å²) >= 11 is 0. The van der Waals surface area contributed by atoms with Gasteiger partial charge in [-0.2, -0.15) is 0 Å². The van der Waals surface area contributed by atoms with Crippen LogP contribution in [0.4, 0.5) is 10.7 Å². The maximum absolute atomic E-state index is 12.4. The minimum absolute atomic E-state index is 0.0330. The van der Waals surface area contributed by atoms with Crippen LogP contribution >= 0.6 is 0 Å². The molecule has 0 bridgehead atoms. The molecule has 8 nitrogen and oxygen atoms in total. The van der Waals surface area contributed by atoms with Crippen LogP contribution in [0.2, 0.25) is 0 Å². The largest absolute Gasteiger partial charge is 0.444 e. The van der Waals surface area contributed by atoms with Crippen molar-refractivity contribution in [1.29, 1.82) is 0 Å². The molecular weight excluding hydrogens is 332 g/mol. The Morgan fingerprint density at radius 1 is 1.31 bits per heavy atom. The fourth-order valence-corrected chi connectivity index (χ4v) is 3.02. The lowest BCUT2D eigenvalue weighted by Crippen LogP contribution is -2.41. The smallest absolute Gasteiger partial charge is 0.410 e. The standard InChI is InChI=1S/C18H26N6O2/c1-18(2,3)26-17(25)23-11-7-10-15(23)13-24-16(20-21-22-24)19-12-14-8-5-4-6-9-14/h4-6,8-9,15H,7,10-13H2,1-3H3,(H,19,20,22). The third-order valence-electron chi connectivity index (χ3n) is 4.21. The second-order valence-corrected chi connectivity index (χ2v) is 7.49. The van der Waals surface area contributed by atoms with Gasteiger partial charge in [-0.05, 0) is 49.6 Å². The molecule has 0 spiro atoms. The predicted octanol–water partition coefficient (Wildman–Crippen LogP) is 2.68. The summed E-state index contributed by atoms with van der Waals surface area (Å²) < 4.78 is 7.24. The Morgan fingerprint density at radius 2 is 2.08 bits per heavy atom. The summed E-state index contributed by atoms with van der Waals surface area (Å²) in [7, 11) is 0. The zero-order valence-electron chi connectivity index (χ0n) is 15.6. The Hall–Kier alpha value is -2.64. The van der Waals surface area contributed by atoms with Crippen LogP contribution in [0, 0.1) is 0 Å². The molecule has 1 aromatic carbocycles. The fourth-order valence-electron chi connectivity index (χ4n) is 3.02. The number of benzene rings is 1. The van der Waals surface area contributed by atoms with Gasteiger partial charge >= 0.3 is 6.09 Å². The van der Waals surface area contributed by atoms with Gasteiger partial charge in [0.15, 0.2) is 0 Å². The zero-order valence-corrected chi connectivity index (χ0v) is 15.6. The number of carbonyl (C=O) groups is 1. The van der Waals surface area contributed by atoms with E-state index in [4.69, 9.17) is 4.74 Å². The van der Waals surface area contributed by atoms with Crippen LogP contribution in [0.15, 0.2) is 30.3 Å². The van der Waals surface area contributed by atoms with Gasteiger partial charge in [-0.15, -0.1) is 0 Å². The van der Waals surface area contributed by atoms with Crippen molar-refractivity contribution in [2.24, 2.45) is 0 Å². The first-order valence-electron chi connectivity index (χ1n) is 8.96. The first-order chi connectivity index (χ1) is 12.4. The molecule has 1 atom stereocenters. The highest BCUT2D eigenvalue weighted by atomic mass is 16.6. The molecule has 26 heavy (non-hydrogen) atoms. The Balaban J connectivity index is 1.62. The van der Waals surface area contributed by atoms with E-state index in [9.17, 15) is 4.79 Å². The molecular formula is C18H26N6O2. The average Bonchev–Trinajstić information content (AvgIpc) is 3.22. The Bertz CT molecular complexity index is 725. The molecule has 8 heteroatoms.